The third-order valence-corrected chi connectivity index (χ3v) is 12.8. The Morgan fingerprint density at radius 1 is 0.389 bits per heavy atom. The van der Waals surface area contributed by atoms with Crippen LogP contribution in [-0.4, -0.2) is 18.3 Å². The van der Waals surface area contributed by atoms with Crippen molar-refractivity contribution in [2.24, 2.45) is 0 Å². The van der Waals surface area contributed by atoms with Crippen LogP contribution in [0.15, 0.2) is 24.8 Å². The maximum atomic E-state index is 2.80. The van der Waals surface area contributed by atoms with Gasteiger partial charge in [-0.2, -0.15) is 0 Å². The summed E-state index contributed by atoms with van der Waals surface area (Å²) in [7, 11) is 0. The van der Waals surface area contributed by atoms with Crippen LogP contribution in [0.5, 0.6) is 0 Å². The van der Waals surface area contributed by atoms with Crippen molar-refractivity contribution in [2.75, 3.05) is 0 Å². The minimum atomic E-state index is -0.0821. The van der Waals surface area contributed by atoms with Gasteiger partial charge in [-0.25, -0.2) is 0 Å². The molecule has 4 aliphatic rings. The number of hydrogen-bond acceptors (Lipinski definition) is 0. The van der Waals surface area contributed by atoms with Gasteiger partial charge in [-0.3, -0.25) is 0 Å². The summed E-state index contributed by atoms with van der Waals surface area (Å²) in [5.41, 5.74) is 0. The predicted molar refractivity (Wildman–Crippen MR) is 140 cm³/mol. The molecule has 0 N–H and O–H groups in total. The fraction of sp³-hybridized carbons (Fsp3) is 0.800. The van der Waals surface area contributed by atoms with Crippen molar-refractivity contribution in [1.82, 2.24) is 18.3 Å². The molecule has 6 rings (SSSR count). The molecule has 0 amide bonds. The Balaban J connectivity index is 0.00000267. The van der Waals surface area contributed by atoms with Crippen LogP contribution in [-0.2, 0) is 18.8 Å². The van der Waals surface area contributed by atoms with Gasteiger partial charge >= 0.3 is 222 Å². The normalized spacial score (nSPS) is 23.7. The van der Waals surface area contributed by atoms with Crippen LogP contribution in [0.2, 0.25) is 0 Å². The van der Waals surface area contributed by atoms with Crippen LogP contribution in [0.4, 0.5) is 0 Å². The van der Waals surface area contributed by atoms with Gasteiger partial charge < -0.3 is 12.4 Å². The van der Waals surface area contributed by atoms with Gasteiger partial charge in [-0.05, 0) is 0 Å². The molecule has 0 spiro atoms. The van der Waals surface area contributed by atoms with Crippen LogP contribution in [0.25, 0.3) is 0 Å². The summed E-state index contributed by atoms with van der Waals surface area (Å²) in [5.74, 6) is 0. The molecule has 2 aromatic rings. The molecular weight excluding hydrogens is 649 g/mol. The van der Waals surface area contributed by atoms with Crippen LogP contribution in [0.3, 0.4) is 0 Å². The van der Waals surface area contributed by atoms with E-state index in [1.54, 1.807) is 7.26 Å². The van der Waals surface area contributed by atoms with Crippen molar-refractivity contribution in [1.29, 1.82) is 0 Å². The van der Waals surface area contributed by atoms with E-state index in [9.17, 15) is 0 Å². The molecule has 0 atom stereocenters. The molecule has 4 aliphatic carbocycles. The Kier molecular flexibility index (Phi) is 9.76. The van der Waals surface area contributed by atoms with Crippen LogP contribution >= 0.6 is 0 Å². The van der Waals surface area contributed by atoms with E-state index in [1.165, 1.54) is 128 Å². The maximum absolute atomic E-state index is 2.80. The summed E-state index contributed by atoms with van der Waals surface area (Å²) in [5, 5.41) is 0. The van der Waals surface area contributed by atoms with Gasteiger partial charge in [-0.15, -0.1) is 0 Å². The Morgan fingerprint density at radius 2 is 0.611 bits per heavy atom. The van der Waals surface area contributed by atoms with Crippen molar-refractivity contribution in [3.63, 3.8) is 0 Å². The first-order valence-corrected chi connectivity index (χ1v) is 17.4. The molecule has 4 nitrogen and oxygen atoms in total. The molecule has 0 radical (unpaired) electrons. The third kappa shape index (κ3) is 5.87. The number of hydrogen-bond donors (Lipinski definition) is 0. The predicted octanol–water partition coefficient (Wildman–Crippen LogP) is 5.76. The minimum absolute atomic E-state index is 0. The van der Waals surface area contributed by atoms with Crippen LogP contribution in [0.1, 0.15) is 153 Å². The monoisotopic (exact) mass is 696 g/mol. The molecule has 4 saturated carbocycles. The van der Waals surface area contributed by atoms with E-state index in [1.807, 2.05) is 0 Å². The molecule has 0 aliphatic heterocycles. The molecule has 0 saturated heterocycles. The topological polar surface area (TPSA) is 19.7 Å². The second kappa shape index (κ2) is 13.0. The number of rotatable bonds is 4. The SMILES string of the molecule is [Cl-].c1cn(C2CCCCC2)[c](=[Au+]=[c]2n(C3CCCCC3)ccn2C2CCCCC2)n1C1CCCCC1. The Hall–Kier alpha value is -0.550. The van der Waals surface area contributed by atoms with E-state index in [2.05, 4.69) is 43.1 Å². The van der Waals surface area contributed by atoms with Gasteiger partial charge in [0.25, 0.3) is 0 Å². The average Bonchev–Trinajstić information content (AvgIpc) is 3.55. The first kappa shape index (κ1) is 27.0. The van der Waals surface area contributed by atoms with E-state index in [-0.39, 0.29) is 31.2 Å². The molecule has 2 heterocycles. The van der Waals surface area contributed by atoms with E-state index >= 15 is 0 Å². The van der Waals surface area contributed by atoms with Crippen LogP contribution < -0.4 is 12.4 Å². The standard InChI is InChI=1S/2C15H24N2.Au.ClH/c2*1-3-7-14(8-4-1)16-11-12-17(13-16)15-9-5-2-6-10-15;;/h2*11-12,14-15H,1-10H2;;1H/q;;+1;/p-1. The number of nitrogens with zero attached hydrogens (tertiary/aromatic N) is 4. The summed E-state index contributed by atoms with van der Waals surface area (Å²) >= 11 is -0.0821. The summed E-state index contributed by atoms with van der Waals surface area (Å²) in [6, 6.07) is 2.95. The summed E-state index contributed by atoms with van der Waals surface area (Å²) in [4.78, 5) is 0. The molecule has 2 aromatic heterocycles. The molecule has 4 fully saturated rings. The Labute approximate surface area is 233 Å². The second-order valence-corrected chi connectivity index (χ2v) is 14.4. The zero-order valence-electron chi connectivity index (χ0n) is 22.2. The third-order valence-electron chi connectivity index (χ3n) is 9.56. The molecule has 0 aromatic carbocycles. The number of aromatic nitrogens is 4. The van der Waals surface area contributed by atoms with Gasteiger partial charge in [0.1, 0.15) is 0 Å². The van der Waals surface area contributed by atoms with Gasteiger partial charge in [0, 0.05) is 0 Å². The molecular formula is C30H48AuClN4. The first-order chi connectivity index (χ1) is 17.4. The molecule has 36 heavy (non-hydrogen) atoms. The number of halogens is 1. The molecule has 6 heteroatoms. The van der Waals surface area contributed by atoms with Gasteiger partial charge in [0.15, 0.2) is 0 Å². The van der Waals surface area contributed by atoms with Crippen molar-refractivity contribution in [2.45, 2.75) is 153 Å². The fourth-order valence-corrected chi connectivity index (χ4v) is 11.2. The number of imidazole rings is 2. The quantitative estimate of drug-likeness (QED) is 0.363. The average molecular weight is 697 g/mol. The van der Waals surface area contributed by atoms with E-state index < -0.39 is 0 Å². The zero-order valence-corrected chi connectivity index (χ0v) is 25.2. The molecule has 0 unspecified atom stereocenters. The molecule has 0 bridgehead atoms. The van der Waals surface area contributed by atoms with Crippen LogP contribution in [0, 0.1) is 7.26 Å². The first-order valence-electron chi connectivity index (χ1n) is 15.2. The summed E-state index contributed by atoms with van der Waals surface area (Å²) in [6.07, 6.45) is 38.3. The fourth-order valence-electron chi connectivity index (χ4n) is 7.46. The Bertz CT molecular complexity index is 931. The van der Waals surface area contributed by atoms with Gasteiger partial charge in [0.05, 0.1) is 0 Å². The zero-order chi connectivity index (χ0) is 23.5. The van der Waals surface area contributed by atoms with Crippen molar-refractivity contribution < 1.29 is 31.2 Å². The summed E-state index contributed by atoms with van der Waals surface area (Å²) in [6.45, 7) is 0. The second-order valence-electron chi connectivity index (χ2n) is 11.9. The van der Waals surface area contributed by atoms with Crippen molar-refractivity contribution >= 4 is 0 Å². The molecule has 206 valence electrons. The van der Waals surface area contributed by atoms with E-state index in [4.69, 9.17) is 0 Å². The van der Waals surface area contributed by atoms with Crippen molar-refractivity contribution in [3.8, 4) is 0 Å². The van der Waals surface area contributed by atoms with E-state index in [0.717, 1.165) is 24.2 Å². The van der Waals surface area contributed by atoms with Gasteiger partial charge in [0.2, 0.25) is 0 Å². The summed E-state index contributed by atoms with van der Waals surface area (Å²) < 4.78 is 14.6. The van der Waals surface area contributed by atoms with Gasteiger partial charge in [-0.1, -0.05) is 0 Å². The van der Waals surface area contributed by atoms with Crippen molar-refractivity contribution in [3.05, 3.63) is 32.0 Å². The van der Waals surface area contributed by atoms with E-state index in [0.29, 0.717) is 0 Å². The Morgan fingerprint density at radius 3 is 0.833 bits per heavy atom.